The molecule has 0 N–H and O–H groups in total. The van der Waals surface area contributed by atoms with E-state index < -0.39 is 0 Å². The van der Waals surface area contributed by atoms with Crippen LogP contribution in [0.15, 0.2) is 42.5 Å². The first-order chi connectivity index (χ1) is 14.0. The fourth-order valence-electron chi connectivity index (χ4n) is 3.02. The standard InChI is InChI=1S/C24H25NO4/c1-5-22(26)29-24-16(3)14-17(15-21(24)28-6-2)10-12-19-13-11-18-8-7-9-20(27-4)23(18)25-19/h7-15H,5-6H2,1-4H3/b12-10+. The van der Waals surface area contributed by atoms with Crippen molar-refractivity contribution in [3.05, 3.63) is 59.3 Å². The Morgan fingerprint density at radius 3 is 2.62 bits per heavy atom. The zero-order chi connectivity index (χ0) is 20.8. The van der Waals surface area contributed by atoms with Crippen LogP contribution in [-0.4, -0.2) is 24.7 Å². The van der Waals surface area contributed by atoms with Crippen molar-refractivity contribution in [3.8, 4) is 17.2 Å². The molecule has 0 spiro atoms. The van der Waals surface area contributed by atoms with Crippen molar-refractivity contribution in [2.75, 3.05) is 13.7 Å². The Labute approximate surface area is 170 Å². The molecule has 0 atom stereocenters. The Kier molecular flexibility index (Phi) is 6.50. The molecule has 5 nitrogen and oxygen atoms in total. The number of nitrogens with zero attached hydrogens (tertiary/aromatic N) is 1. The van der Waals surface area contributed by atoms with E-state index in [0.717, 1.165) is 33.5 Å². The molecular weight excluding hydrogens is 366 g/mol. The molecule has 1 aromatic heterocycles. The summed E-state index contributed by atoms with van der Waals surface area (Å²) < 4.78 is 16.6. The molecule has 0 bridgehead atoms. The Balaban J connectivity index is 1.94. The SMILES string of the molecule is CCOc1cc(/C=C/c2ccc3cccc(OC)c3n2)cc(C)c1OC(=O)CC. The number of pyridine rings is 1. The van der Waals surface area contributed by atoms with Crippen LogP contribution in [0.4, 0.5) is 0 Å². The van der Waals surface area contributed by atoms with Crippen molar-refractivity contribution < 1.29 is 19.0 Å². The largest absolute Gasteiger partial charge is 0.494 e. The Hall–Kier alpha value is -3.34. The summed E-state index contributed by atoms with van der Waals surface area (Å²) in [6.45, 7) is 6.04. The number of rotatable bonds is 7. The van der Waals surface area contributed by atoms with Gasteiger partial charge in [-0.2, -0.15) is 0 Å². The molecule has 0 fully saturated rings. The molecule has 0 saturated heterocycles. The van der Waals surface area contributed by atoms with E-state index in [1.54, 1.807) is 14.0 Å². The third-order valence-electron chi connectivity index (χ3n) is 4.44. The highest BCUT2D eigenvalue weighted by atomic mass is 16.6. The maximum atomic E-state index is 11.7. The van der Waals surface area contributed by atoms with E-state index in [2.05, 4.69) is 0 Å². The molecule has 0 aliphatic heterocycles. The van der Waals surface area contributed by atoms with Gasteiger partial charge in [0.15, 0.2) is 11.5 Å². The van der Waals surface area contributed by atoms with Crippen molar-refractivity contribution in [1.82, 2.24) is 4.98 Å². The van der Waals surface area contributed by atoms with Crippen molar-refractivity contribution in [1.29, 1.82) is 0 Å². The number of ether oxygens (including phenoxy) is 3. The smallest absolute Gasteiger partial charge is 0.311 e. The van der Waals surface area contributed by atoms with Gasteiger partial charge in [0.05, 0.1) is 19.4 Å². The quantitative estimate of drug-likeness (QED) is 0.397. The topological polar surface area (TPSA) is 57.6 Å². The molecule has 0 radical (unpaired) electrons. The highest BCUT2D eigenvalue weighted by Gasteiger charge is 2.13. The number of para-hydroxylation sites is 1. The van der Waals surface area contributed by atoms with Gasteiger partial charge in [0.2, 0.25) is 0 Å². The van der Waals surface area contributed by atoms with Gasteiger partial charge in [-0.3, -0.25) is 4.79 Å². The minimum Gasteiger partial charge on any atom is -0.494 e. The molecule has 0 saturated carbocycles. The lowest BCUT2D eigenvalue weighted by atomic mass is 10.1. The number of aryl methyl sites for hydroxylation is 1. The summed E-state index contributed by atoms with van der Waals surface area (Å²) in [7, 11) is 1.64. The normalized spacial score (nSPS) is 11.0. The molecule has 0 amide bonds. The summed E-state index contributed by atoms with van der Waals surface area (Å²) in [5, 5.41) is 1.03. The minimum atomic E-state index is -0.286. The third kappa shape index (κ3) is 4.74. The lowest BCUT2D eigenvalue weighted by Gasteiger charge is -2.14. The van der Waals surface area contributed by atoms with Gasteiger partial charge in [0.1, 0.15) is 11.3 Å². The van der Waals surface area contributed by atoms with Crippen molar-refractivity contribution in [2.45, 2.75) is 27.2 Å². The fourth-order valence-corrected chi connectivity index (χ4v) is 3.02. The number of methoxy groups -OCH3 is 1. The predicted octanol–water partition coefficient (Wildman–Crippen LogP) is 5.44. The Morgan fingerprint density at radius 1 is 1.07 bits per heavy atom. The summed E-state index contributed by atoms with van der Waals surface area (Å²) in [4.78, 5) is 16.4. The van der Waals surface area contributed by atoms with Gasteiger partial charge < -0.3 is 14.2 Å². The lowest BCUT2D eigenvalue weighted by Crippen LogP contribution is -2.08. The number of aromatic nitrogens is 1. The number of carbonyl (C=O) groups is 1. The number of hydrogen-bond donors (Lipinski definition) is 0. The Morgan fingerprint density at radius 2 is 1.90 bits per heavy atom. The maximum Gasteiger partial charge on any atom is 0.311 e. The number of carbonyl (C=O) groups excluding carboxylic acids is 1. The van der Waals surface area contributed by atoms with Crippen molar-refractivity contribution >= 4 is 29.0 Å². The van der Waals surface area contributed by atoms with Crippen LogP contribution >= 0.6 is 0 Å². The van der Waals surface area contributed by atoms with Crippen LogP contribution in [0.2, 0.25) is 0 Å². The summed E-state index contributed by atoms with van der Waals surface area (Å²) in [5.41, 5.74) is 3.42. The van der Waals surface area contributed by atoms with Gasteiger partial charge in [0, 0.05) is 11.8 Å². The van der Waals surface area contributed by atoms with Crippen LogP contribution in [-0.2, 0) is 4.79 Å². The van der Waals surface area contributed by atoms with Gasteiger partial charge in [-0.25, -0.2) is 4.98 Å². The zero-order valence-corrected chi connectivity index (χ0v) is 17.2. The minimum absolute atomic E-state index is 0.286. The summed E-state index contributed by atoms with van der Waals surface area (Å²) in [6.07, 6.45) is 4.21. The number of hydrogen-bond acceptors (Lipinski definition) is 5. The highest BCUT2D eigenvalue weighted by molar-refractivity contribution is 5.86. The van der Waals surface area contributed by atoms with Gasteiger partial charge in [-0.05, 0) is 55.3 Å². The molecule has 2 aromatic carbocycles. The van der Waals surface area contributed by atoms with E-state index in [0.29, 0.717) is 24.5 Å². The predicted molar refractivity (Wildman–Crippen MR) is 115 cm³/mol. The van der Waals surface area contributed by atoms with E-state index in [1.165, 1.54) is 0 Å². The molecule has 3 aromatic rings. The van der Waals surface area contributed by atoms with Crippen LogP contribution in [0, 0.1) is 6.92 Å². The molecular formula is C24H25NO4. The van der Waals surface area contributed by atoms with E-state index in [-0.39, 0.29) is 5.97 Å². The van der Waals surface area contributed by atoms with Gasteiger partial charge in [-0.15, -0.1) is 0 Å². The molecule has 29 heavy (non-hydrogen) atoms. The number of benzene rings is 2. The van der Waals surface area contributed by atoms with E-state index >= 15 is 0 Å². The second kappa shape index (κ2) is 9.24. The number of esters is 1. The summed E-state index contributed by atoms with van der Waals surface area (Å²) >= 11 is 0. The first-order valence-corrected chi connectivity index (χ1v) is 9.65. The van der Waals surface area contributed by atoms with Gasteiger partial charge in [0.25, 0.3) is 0 Å². The average Bonchev–Trinajstić information content (AvgIpc) is 2.74. The van der Waals surface area contributed by atoms with Crippen LogP contribution < -0.4 is 14.2 Å². The van der Waals surface area contributed by atoms with Crippen LogP contribution in [0.1, 0.15) is 37.1 Å². The number of fused-ring (bicyclic) bond motifs is 1. The molecule has 150 valence electrons. The second-order valence-electron chi connectivity index (χ2n) is 6.53. The van der Waals surface area contributed by atoms with Crippen molar-refractivity contribution in [3.63, 3.8) is 0 Å². The molecule has 0 unspecified atom stereocenters. The molecule has 3 rings (SSSR count). The van der Waals surface area contributed by atoms with Crippen LogP contribution in [0.3, 0.4) is 0 Å². The van der Waals surface area contributed by atoms with Crippen molar-refractivity contribution in [2.24, 2.45) is 0 Å². The molecule has 1 heterocycles. The molecule has 5 heteroatoms. The molecule has 0 aliphatic rings. The zero-order valence-electron chi connectivity index (χ0n) is 17.2. The average molecular weight is 391 g/mol. The molecule has 0 aliphatic carbocycles. The van der Waals surface area contributed by atoms with Crippen LogP contribution in [0.5, 0.6) is 17.2 Å². The highest BCUT2D eigenvalue weighted by Crippen LogP contribution is 2.34. The Bertz CT molecular complexity index is 1060. The maximum absolute atomic E-state index is 11.7. The van der Waals surface area contributed by atoms with E-state index in [1.807, 2.05) is 68.5 Å². The van der Waals surface area contributed by atoms with E-state index in [9.17, 15) is 4.79 Å². The monoisotopic (exact) mass is 391 g/mol. The second-order valence-corrected chi connectivity index (χ2v) is 6.53. The van der Waals surface area contributed by atoms with Gasteiger partial charge >= 0.3 is 5.97 Å². The lowest BCUT2D eigenvalue weighted by molar-refractivity contribution is -0.134. The fraction of sp³-hybridized carbons (Fsp3) is 0.250. The summed E-state index contributed by atoms with van der Waals surface area (Å²) in [6, 6.07) is 13.7. The van der Waals surface area contributed by atoms with Gasteiger partial charge in [-0.1, -0.05) is 31.2 Å². The van der Waals surface area contributed by atoms with Crippen LogP contribution in [0.25, 0.3) is 23.1 Å². The third-order valence-corrected chi connectivity index (χ3v) is 4.44. The summed E-state index contributed by atoms with van der Waals surface area (Å²) in [5.74, 6) is 1.49. The van der Waals surface area contributed by atoms with E-state index in [4.69, 9.17) is 19.2 Å². The first kappa shape index (κ1) is 20.4. The first-order valence-electron chi connectivity index (χ1n) is 9.65.